The molecule has 3 heterocycles. The van der Waals surface area contributed by atoms with E-state index in [2.05, 4.69) is 312 Å². The maximum atomic E-state index is 10.2. The van der Waals surface area contributed by atoms with Crippen LogP contribution in [-0.4, -0.2) is 11.3 Å². The number of aromatic nitrogens is 1. The quantitative estimate of drug-likeness (QED) is 0.128. The Hall–Kier alpha value is -12.5. The first-order chi connectivity index (χ1) is 45.5. The van der Waals surface area contributed by atoms with Gasteiger partial charge in [-0.3, -0.25) is 0 Å². The minimum absolute atomic E-state index is 0.101. The van der Waals surface area contributed by atoms with E-state index in [9.17, 15) is 10.5 Å². The van der Waals surface area contributed by atoms with Crippen LogP contribution in [0.5, 0.6) is 0 Å². The van der Waals surface area contributed by atoms with Crippen molar-refractivity contribution < 1.29 is 0 Å². The molecule has 0 saturated heterocycles. The van der Waals surface area contributed by atoms with Crippen LogP contribution in [0, 0.1) is 22.7 Å². The van der Waals surface area contributed by atoms with E-state index in [0.717, 1.165) is 140 Å². The first-order valence-electron chi connectivity index (χ1n) is 31.2. The summed E-state index contributed by atoms with van der Waals surface area (Å²) < 4.78 is 2.38. The lowest BCUT2D eigenvalue weighted by atomic mass is 9.33. The topological polar surface area (TPSA) is 59.0 Å². The van der Waals surface area contributed by atoms with Crippen molar-refractivity contribution in [2.45, 2.75) is 0 Å². The number of hydrogen-bond donors (Lipinski definition) is 0. The Labute approximate surface area is 535 Å². The number of hydrogen-bond acceptors (Lipinski definition) is 4. The first kappa shape index (κ1) is 53.7. The lowest BCUT2D eigenvalue weighted by molar-refractivity contribution is 1.18. The van der Waals surface area contributed by atoms with Gasteiger partial charge in [-0.1, -0.05) is 212 Å². The third-order valence-electron chi connectivity index (χ3n) is 18.5. The van der Waals surface area contributed by atoms with Gasteiger partial charge >= 0.3 is 0 Å². The largest absolute Gasteiger partial charge is 0.311 e. The number of nitriles is 2. The molecule has 0 aliphatic carbocycles. The second-order valence-electron chi connectivity index (χ2n) is 23.9. The molecule has 0 spiro atoms. The molecule has 92 heavy (non-hydrogen) atoms. The summed E-state index contributed by atoms with van der Waals surface area (Å²) in [6, 6.07) is 123. The first-order valence-corrected chi connectivity index (χ1v) is 31.2. The Kier molecular flexibility index (Phi) is 13.0. The van der Waals surface area contributed by atoms with E-state index in [0.29, 0.717) is 11.1 Å². The van der Waals surface area contributed by atoms with Crippen LogP contribution in [0.3, 0.4) is 0 Å². The predicted molar refractivity (Wildman–Crippen MR) is 382 cm³/mol. The van der Waals surface area contributed by atoms with Crippen molar-refractivity contribution in [3.63, 3.8) is 0 Å². The van der Waals surface area contributed by atoms with E-state index in [-0.39, 0.29) is 6.71 Å². The Balaban J connectivity index is 0.939. The summed E-state index contributed by atoms with van der Waals surface area (Å²) in [5.41, 5.74) is 29.7. The highest BCUT2D eigenvalue weighted by Crippen LogP contribution is 2.50. The fraction of sp³-hybridized carbons (Fsp3) is 0. The molecule has 15 aromatic rings. The van der Waals surface area contributed by atoms with Crippen molar-refractivity contribution in [3.8, 4) is 95.7 Å². The Morgan fingerprint density at radius 1 is 0.250 bits per heavy atom. The van der Waals surface area contributed by atoms with Crippen LogP contribution in [0.15, 0.2) is 328 Å². The van der Waals surface area contributed by atoms with Crippen LogP contribution >= 0.6 is 0 Å². The van der Waals surface area contributed by atoms with Gasteiger partial charge in [-0.15, -0.1) is 0 Å². The molecule has 14 aromatic carbocycles. The molecule has 1 aromatic heterocycles. The third-order valence-corrected chi connectivity index (χ3v) is 18.5. The summed E-state index contributed by atoms with van der Waals surface area (Å²) in [5, 5.41) is 22.4. The van der Waals surface area contributed by atoms with E-state index < -0.39 is 0 Å². The van der Waals surface area contributed by atoms with E-state index in [1.807, 2.05) is 42.5 Å². The van der Waals surface area contributed by atoms with Gasteiger partial charge in [0.2, 0.25) is 0 Å². The van der Waals surface area contributed by atoms with Crippen LogP contribution in [0.4, 0.5) is 34.1 Å². The maximum absolute atomic E-state index is 10.2. The Bertz CT molecular complexity index is 5190. The van der Waals surface area contributed by atoms with Crippen LogP contribution in [0.25, 0.3) is 105 Å². The second-order valence-corrected chi connectivity index (χ2v) is 23.9. The van der Waals surface area contributed by atoms with Crippen LogP contribution in [0.1, 0.15) is 11.1 Å². The summed E-state index contributed by atoms with van der Waals surface area (Å²) in [5.74, 6) is 0. The smallest absolute Gasteiger partial charge is 0.252 e. The monoisotopic (exact) mass is 1170 g/mol. The number of rotatable bonds is 10. The van der Waals surface area contributed by atoms with Crippen LogP contribution in [0.2, 0.25) is 0 Å². The molecule has 2 aliphatic heterocycles. The summed E-state index contributed by atoms with van der Waals surface area (Å²) in [4.78, 5) is 5.09. The number of nitrogens with zero attached hydrogens (tertiary/aromatic N) is 5. The van der Waals surface area contributed by atoms with E-state index in [4.69, 9.17) is 0 Å². The number of benzene rings is 14. The molecule has 0 unspecified atom stereocenters. The highest BCUT2D eigenvalue weighted by Gasteiger charge is 2.44. The van der Waals surface area contributed by atoms with Crippen molar-refractivity contribution in [2.75, 3.05) is 9.80 Å². The molecule has 0 amide bonds. The maximum Gasteiger partial charge on any atom is 0.252 e. The fourth-order valence-electron chi connectivity index (χ4n) is 14.4. The normalized spacial score (nSPS) is 12.0. The van der Waals surface area contributed by atoms with Crippen molar-refractivity contribution in [2.24, 2.45) is 0 Å². The molecule has 5 nitrogen and oxygen atoms in total. The molecular formula is C86H54BN5. The lowest BCUT2D eigenvalue weighted by Gasteiger charge is -2.44. The fourth-order valence-corrected chi connectivity index (χ4v) is 14.4. The highest BCUT2D eigenvalue weighted by molar-refractivity contribution is 7.00. The molecule has 6 heteroatoms. The standard InChI is InChI=1S/C86H54BN5/c88-55-57-21-19-31-63(43-57)64-39-41-80(75(51-64)66-32-20-22-58(44-66)56-89)92-79-36-16-13-33-74(79)76-52-65(40-42-81(76)92)71-53-84-86-85(54-71)91(73-49-69(61-27-9-3-10-28-61)46-70(50-73)62-29-11-4-12-30-62)83-38-18-15-35-78(83)87(86)77-34-14-17-37-82(77)90(84)72-47-67(59-23-5-1-6-24-59)45-68(48-72)60-25-7-2-8-26-60/h1-54H. The zero-order chi connectivity index (χ0) is 61.2. The van der Waals surface area contributed by atoms with Crippen molar-refractivity contribution in [3.05, 3.63) is 339 Å². The minimum Gasteiger partial charge on any atom is -0.311 e. The predicted octanol–water partition coefficient (Wildman–Crippen LogP) is 20.3. The Morgan fingerprint density at radius 2 is 0.652 bits per heavy atom. The molecule has 0 atom stereocenters. The lowest BCUT2D eigenvalue weighted by Crippen LogP contribution is -2.61. The van der Waals surface area contributed by atoms with Gasteiger partial charge in [0.1, 0.15) is 0 Å². The molecule has 0 saturated carbocycles. The SMILES string of the molecule is N#Cc1cccc(-c2ccc(-n3c4ccccc4c4cc(-c5cc6c7c(c5)N(c5cc(-c8ccccc8)cc(-c8ccccc8)c5)c5ccccc5B7c5ccccc5N6c5cc(-c6ccccc6)cc(-c6ccccc6)c5)ccc43)c(-c3cccc(C#N)c3)c2)c1. The van der Waals surface area contributed by atoms with Gasteiger partial charge < -0.3 is 14.4 Å². The average Bonchev–Trinajstić information content (AvgIpc) is 0.760. The second kappa shape index (κ2) is 22.3. The van der Waals surface area contributed by atoms with Crippen molar-refractivity contribution in [1.82, 2.24) is 4.57 Å². The molecule has 0 radical (unpaired) electrons. The summed E-state index contributed by atoms with van der Waals surface area (Å²) in [6.45, 7) is -0.101. The van der Waals surface area contributed by atoms with Gasteiger partial charge in [0.05, 0.1) is 40.0 Å². The van der Waals surface area contributed by atoms with Crippen molar-refractivity contribution >= 4 is 79.0 Å². The molecule has 0 bridgehead atoms. The zero-order valence-electron chi connectivity index (χ0n) is 50.0. The van der Waals surface area contributed by atoms with Crippen LogP contribution < -0.4 is 26.2 Å². The molecule has 0 fully saturated rings. The Morgan fingerprint density at radius 3 is 1.17 bits per heavy atom. The molecule has 2 aliphatic rings. The summed E-state index contributed by atoms with van der Waals surface area (Å²) in [6.07, 6.45) is 0. The zero-order valence-corrected chi connectivity index (χ0v) is 50.0. The van der Waals surface area contributed by atoms with Gasteiger partial charge in [-0.2, -0.15) is 10.5 Å². The summed E-state index contributed by atoms with van der Waals surface area (Å²) in [7, 11) is 0. The number of para-hydroxylation sites is 3. The molecular weight excluding hydrogens is 1110 g/mol. The van der Waals surface area contributed by atoms with Gasteiger partial charge in [-0.25, -0.2) is 0 Å². The summed E-state index contributed by atoms with van der Waals surface area (Å²) >= 11 is 0. The minimum atomic E-state index is -0.101. The van der Waals surface area contributed by atoms with E-state index >= 15 is 0 Å². The van der Waals surface area contributed by atoms with Gasteiger partial charge in [0, 0.05) is 50.5 Å². The number of fused-ring (bicyclic) bond motifs is 7. The van der Waals surface area contributed by atoms with Gasteiger partial charge in [-0.05, 0) is 204 Å². The van der Waals surface area contributed by atoms with E-state index in [1.165, 1.54) is 16.4 Å². The third kappa shape index (κ3) is 9.17. The van der Waals surface area contributed by atoms with Gasteiger partial charge in [0.25, 0.3) is 6.71 Å². The highest BCUT2D eigenvalue weighted by atomic mass is 15.2. The van der Waals surface area contributed by atoms with Crippen LogP contribution in [-0.2, 0) is 0 Å². The van der Waals surface area contributed by atoms with E-state index in [1.54, 1.807) is 0 Å². The molecule has 0 N–H and O–H groups in total. The van der Waals surface area contributed by atoms with Gasteiger partial charge in [0.15, 0.2) is 0 Å². The molecule has 426 valence electrons. The average molecular weight is 1170 g/mol. The van der Waals surface area contributed by atoms with Crippen molar-refractivity contribution in [1.29, 1.82) is 10.5 Å². The molecule has 17 rings (SSSR count). The number of anilines is 6.